The topological polar surface area (TPSA) is 97.4 Å². The number of carbonyl (C=O) groups is 1. The summed E-state index contributed by atoms with van der Waals surface area (Å²) in [5.74, 6) is 0.194. The molecule has 0 saturated heterocycles. The highest BCUT2D eigenvalue weighted by Crippen LogP contribution is 2.28. The quantitative estimate of drug-likeness (QED) is 0.604. The number of methoxy groups -OCH3 is 1. The monoisotopic (exact) mass is 425 g/mol. The predicted molar refractivity (Wildman–Crippen MR) is 115 cm³/mol. The number of carbonyl (C=O) groups excluding carboxylic acids is 1. The molecule has 1 heterocycles. The maximum atomic E-state index is 13.1. The fourth-order valence-electron chi connectivity index (χ4n) is 3.20. The van der Waals surface area contributed by atoms with Gasteiger partial charge in [-0.25, -0.2) is 8.42 Å². The van der Waals surface area contributed by atoms with Gasteiger partial charge in [-0.15, -0.1) is 0 Å². The molecule has 30 heavy (non-hydrogen) atoms. The Morgan fingerprint density at radius 1 is 1.07 bits per heavy atom. The Labute approximate surface area is 176 Å². The van der Waals surface area contributed by atoms with Crippen LogP contribution < -0.4 is 14.8 Å². The molecule has 1 amide bonds. The van der Waals surface area contributed by atoms with E-state index in [-0.39, 0.29) is 28.6 Å². The molecule has 2 aromatic carbocycles. The van der Waals surface area contributed by atoms with Crippen molar-refractivity contribution >= 4 is 21.6 Å². The van der Waals surface area contributed by atoms with Crippen molar-refractivity contribution in [2.24, 2.45) is 0 Å². The van der Waals surface area contributed by atoms with Crippen molar-refractivity contribution in [2.45, 2.75) is 25.3 Å². The van der Waals surface area contributed by atoms with E-state index in [1.807, 2.05) is 6.07 Å². The van der Waals surface area contributed by atoms with Crippen LogP contribution in [-0.2, 0) is 16.6 Å². The van der Waals surface area contributed by atoms with Crippen molar-refractivity contribution in [2.75, 3.05) is 11.8 Å². The van der Waals surface area contributed by atoms with E-state index in [2.05, 4.69) is 15.0 Å². The lowest BCUT2D eigenvalue weighted by atomic mass is 10.1. The first-order valence-corrected chi connectivity index (χ1v) is 10.7. The molecule has 3 aromatic rings. The van der Waals surface area contributed by atoms with Crippen molar-refractivity contribution in [1.29, 1.82) is 0 Å². The number of sulfonamides is 1. The van der Waals surface area contributed by atoms with Crippen LogP contribution in [0.5, 0.6) is 5.75 Å². The van der Waals surface area contributed by atoms with Gasteiger partial charge < -0.3 is 10.1 Å². The molecule has 0 atom stereocenters. The van der Waals surface area contributed by atoms with Gasteiger partial charge in [0.2, 0.25) is 0 Å². The van der Waals surface area contributed by atoms with Crippen LogP contribution in [0.15, 0.2) is 65.8 Å². The lowest BCUT2D eigenvalue weighted by Gasteiger charge is -2.16. The van der Waals surface area contributed by atoms with Crippen LogP contribution in [0.1, 0.15) is 27.0 Å². The van der Waals surface area contributed by atoms with Gasteiger partial charge >= 0.3 is 0 Å². The molecule has 0 saturated carbocycles. The standard InChI is InChI=1S/C22H23N3O4S/c1-15-11-18(29-3)12-16(2)21(15)30(27,28)25-20-9-5-4-8-19(20)22(26)24-14-17-7-6-10-23-13-17/h4-13,25H,14H2,1-3H3,(H,24,26). The Balaban J connectivity index is 1.86. The van der Waals surface area contributed by atoms with Gasteiger partial charge in [-0.05, 0) is 60.9 Å². The Hall–Kier alpha value is -3.39. The van der Waals surface area contributed by atoms with Crippen LogP contribution in [0.3, 0.4) is 0 Å². The SMILES string of the molecule is COc1cc(C)c(S(=O)(=O)Nc2ccccc2C(=O)NCc2cccnc2)c(C)c1. The second-order valence-electron chi connectivity index (χ2n) is 6.79. The lowest BCUT2D eigenvalue weighted by molar-refractivity contribution is 0.0952. The van der Waals surface area contributed by atoms with Gasteiger partial charge in [0.1, 0.15) is 5.75 Å². The number of nitrogens with zero attached hydrogens (tertiary/aromatic N) is 1. The van der Waals surface area contributed by atoms with Crippen molar-refractivity contribution in [1.82, 2.24) is 10.3 Å². The summed E-state index contributed by atoms with van der Waals surface area (Å²) in [6, 6.07) is 13.4. The van der Waals surface area contributed by atoms with Gasteiger partial charge in [-0.1, -0.05) is 18.2 Å². The number of para-hydroxylation sites is 1. The molecule has 0 aliphatic heterocycles. The number of amides is 1. The zero-order valence-corrected chi connectivity index (χ0v) is 17.8. The summed E-state index contributed by atoms with van der Waals surface area (Å²) in [7, 11) is -2.39. The Morgan fingerprint density at radius 2 is 1.77 bits per heavy atom. The number of hydrogen-bond acceptors (Lipinski definition) is 5. The summed E-state index contributed by atoms with van der Waals surface area (Å²) in [4.78, 5) is 16.9. The number of pyridine rings is 1. The zero-order chi connectivity index (χ0) is 21.7. The number of ether oxygens (including phenoxy) is 1. The highest BCUT2D eigenvalue weighted by atomic mass is 32.2. The van der Waals surface area contributed by atoms with Gasteiger partial charge in [0.15, 0.2) is 0 Å². The van der Waals surface area contributed by atoms with E-state index in [9.17, 15) is 13.2 Å². The first-order valence-electron chi connectivity index (χ1n) is 9.26. The molecule has 156 valence electrons. The van der Waals surface area contributed by atoms with Gasteiger partial charge in [-0.2, -0.15) is 0 Å². The number of benzene rings is 2. The van der Waals surface area contributed by atoms with Crippen LogP contribution in [0.4, 0.5) is 5.69 Å². The smallest absolute Gasteiger partial charge is 0.262 e. The highest BCUT2D eigenvalue weighted by molar-refractivity contribution is 7.92. The first-order chi connectivity index (χ1) is 14.3. The van der Waals surface area contributed by atoms with Gasteiger partial charge in [0.05, 0.1) is 23.3 Å². The van der Waals surface area contributed by atoms with E-state index in [0.717, 1.165) is 5.56 Å². The molecule has 1 aromatic heterocycles. The van der Waals surface area contributed by atoms with Gasteiger partial charge in [0, 0.05) is 18.9 Å². The van der Waals surface area contributed by atoms with E-state index in [1.54, 1.807) is 68.7 Å². The molecule has 0 fully saturated rings. The third-order valence-electron chi connectivity index (χ3n) is 4.53. The summed E-state index contributed by atoms with van der Waals surface area (Å²) in [6.45, 7) is 3.69. The summed E-state index contributed by atoms with van der Waals surface area (Å²) in [6.07, 6.45) is 3.31. The van der Waals surface area contributed by atoms with Crippen molar-refractivity contribution in [3.8, 4) is 5.75 Å². The molecule has 0 radical (unpaired) electrons. The molecule has 0 bridgehead atoms. The number of rotatable bonds is 7. The highest BCUT2D eigenvalue weighted by Gasteiger charge is 2.23. The Morgan fingerprint density at radius 3 is 2.40 bits per heavy atom. The second kappa shape index (κ2) is 8.96. The van der Waals surface area contributed by atoms with E-state index in [1.165, 1.54) is 7.11 Å². The minimum atomic E-state index is -3.92. The van der Waals surface area contributed by atoms with Crippen LogP contribution in [0.25, 0.3) is 0 Å². The van der Waals surface area contributed by atoms with E-state index in [4.69, 9.17) is 4.74 Å². The average Bonchev–Trinajstić information content (AvgIpc) is 2.72. The molecule has 0 spiro atoms. The molecule has 0 aliphatic rings. The Kier molecular flexibility index (Phi) is 6.37. The van der Waals surface area contributed by atoms with E-state index in [0.29, 0.717) is 16.9 Å². The first kappa shape index (κ1) is 21.3. The van der Waals surface area contributed by atoms with E-state index < -0.39 is 10.0 Å². The number of aryl methyl sites for hydroxylation is 2. The van der Waals surface area contributed by atoms with Crippen LogP contribution >= 0.6 is 0 Å². The molecular weight excluding hydrogens is 402 g/mol. The van der Waals surface area contributed by atoms with Crippen molar-refractivity contribution < 1.29 is 17.9 Å². The van der Waals surface area contributed by atoms with Crippen LogP contribution in [0.2, 0.25) is 0 Å². The molecule has 3 rings (SSSR count). The zero-order valence-electron chi connectivity index (χ0n) is 17.0. The fourth-order valence-corrected chi connectivity index (χ4v) is 4.73. The van der Waals surface area contributed by atoms with Crippen molar-refractivity contribution in [3.05, 3.63) is 83.2 Å². The summed E-state index contributed by atoms with van der Waals surface area (Å²) in [5, 5.41) is 2.79. The fraction of sp³-hybridized carbons (Fsp3) is 0.182. The maximum Gasteiger partial charge on any atom is 0.262 e. The third-order valence-corrected chi connectivity index (χ3v) is 6.20. The van der Waals surface area contributed by atoms with Crippen molar-refractivity contribution in [3.63, 3.8) is 0 Å². The molecule has 0 unspecified atom stereocenters. The summed E-state index contributed by atoms with van der Waals surface area (Å²) < 4.78 is 34.0. The molecule has 7 nitrogen and oxygen atoms in total. The predicted octanol–water partition coefficient (Wildman–Crippen LogP) is 3.44. The normalized spacial score (nSPS) is 11.0. The second-order valence-corrected chi connectivity index (χ2v) is 8.40. The van der Waals surface area contributed by atoms with Gasteiger partial charge in [-0.3, -0.25) is 14.5 Å². The lowest BCUT2D eigenvalue weighted by Crippen LogP contribution is -2.25. The minimum absolute atomic E-state index is 0.161. The number of anilines is 1. The largest absolute Gasteiger partial charge is 0.497 e. The van der Waals surface area contributed by atoms with Gasteiger partial charge in [0.25, 0.3) is 15.9 Å². The summed E-state index contributed by atoms with van der Waals surface area (Å²) >= 11 is 0. The molecule has 0 aliphatic carbocycles. The molecular formula is C22H23N3O4S. The van der Waals surface area contributed by atoms with Crippen LogP contribution in [-0.4, -0.2) is 26.4 Å². The minimum Gasteiger partial charge on any atom is -0.497 e. The van der Waals surface area contributed by atoms with E-state index >= 15 is 0 Å². The Bertz CT molecular complexity index is 1140. The van der Waals surface area contributed by atoms with Crippen LogP contribution in [0, 0.1) is 13.8 Å². The molecule has 8 heteroatoms. The number of aromatic nitrogens is 1. The third kappa shape index (κ3) is 4.77. The maximum absolute atomic E-state index is 13.1. The molecule has 2 N–H and O–H groups in total. The number of nitrogens with one attached hydrogen (secondary N) is 2. The summed E-state index contributed by atoms with van der Waals surface area (Å²) in [5.41, 5.74) is 2.38. The average molecular weight is 426 g/mol. The number of hydrogen-bond donors (Lipinski definition) is 2.